The van der Waals surface area contributed by atoms with Gasteiger partial charge in [-0.25, -0.2) is 0 Å². The summed E-state index contributed by atoms with van der Waals surface area (Å²) >= 11 is 0. The molecule has 0 aromatic heterocycles. The molecule has 1 unspecified atom stereocenters. The zero-order chi connectivity index (χ0) is 16.8. The Morgan fingerprint density at radius 3 is 2.57 bits per heavy atom. The summed E-state index contributed by atoms with van der Waals surface area (Å²) in [6.45, 7) is 3.99. The Kier molecular flexibility index (Phi) is 3.48. The van der Waals surface area contributed by atoms with E-state index < -0.39 is 12.0 Å². The Morgan fingerprint density at radius 1 is 1.30 bits per heavy atom. The normalized spacial score (nSPS) is 26.3. The maximum absolute atomic E-state index is 12.4. The molecule has 2 atom stereocenters. The Hall–Kier alpha value is -2.61. The molecule has 3 rings (SSSR count). The topological polar surface area (TPSA) is 94.2 Å². The second-order valence-electron chi connectivity index (χ2n) is 6.89. The summed E-state index contributed by atoms with van der Waals surface area (Å²) in [5.74, 6) is -0.308. The van der Waals surface area contributed by atoms with Gasteiger partial charge in [0.05, 0.1) is 17.4 Å². The molecule has 0 saturated carbocycles. The van der Waals surface area contributed by atoms with Gasteiger partial charge in [0.2, 0.25) is 0 Å². The number of allylic oxidation sites excluding steroid dienone is 2. The second kappa shape index (κ2) is 5.24. The molecule has 2 N–H and O–H groups in total. The van der Waals surface area contributed by atoms with Gasteiger partial charge in [-0.2, -0.15) is 5.26 Å². The average Bonchev–Trinajstić information content (AvgIpc) is 2.45. The summed E-state index contributed by atoms with van der Waals surface area (Å²) in [5.41, 5.74) is 0.828. The lowest BCUT2D eigenvalue weighted by Gasteiger charge is -2.39. The molecule has 0 radical (unpaired) electrons. The van der Waals surface area contributed by atoms with Crippen LogP contribution in [-0.2, 0) is 9.53 Å². The fourth-order valence-corrected chi connectivity index (χ4v) is 3.25. The standard InChI is InChI=1S/C18H18N2O3/c1-18(2)7-13(22)15-14(8-18)23-17(12(9-19)16(15)20)10-3-5-11(21)6-4-10/h3-6,12,17,20-21H,7-8H2,1-2H3/t12?,17-/m1/s1. The van der Waals surface area contributed by atoms with Crippen molar-refractivity contribution in [3.8, 4) is 11.8 Å². The smallest absolute Gasteiger partial charge is 0.168 e. The van der Waals surface area contributed by atoms with Gasteiger partial charge in [-0.15, -0.1) is 0 Å². The summed E-state index contributed by atoms with van der Waals surface area (Å²) in [4.78, 5) is 12.4. The van der Waals surface area contributed by atoms with Crippen molar-refractivity contribution in [2.24, 2.45) is 11.3 Å². The highest BCUT2D eigenvalue weighted by molar-refractivity contribution is 6.24. The SMILES string of the molecule is CC1(C)CC(=O)C2=C(C1)O[C@H](c1ccc(O)cc1)C(C#N)C2=N. The summed E-state index contributed by atoms with van der Waals surface area (Å²) in [6.07, 6.45) is 0.302. The van der Waals surface area contributed by atoms with Crippen LogP contribution in [0, 0.1) is 28.1 Å². The largest absolute Gasteiger partial charge is 0.508 e. The van der Waals surface area contributed by atoms with Crippen molar-refractivity contribution in [1.82, 2.24) is 0 Å². The third-order valence-electron chi connectivity index (χ3n) is 4.35. The van der Waals surface area contributed by atoms with Gasteiger partial charge >= 0.3 is 0 Å². The number of ketones is 1. The number of nitrogens with one attached hydrogen (secondary N) is 1. The number of Topliss-reactive ketones (excluding diaryl/α,β-unsaturated/α-hetero) is 1. The van der Waals surface area contributed by atoms with E-state index >= 15 is 0 Å². The number of nitriles is 1. The number of benzene rings is 1. The monoisotopic (exact) mass is 310 g/mol. The number of nitrogens with zero attached hydrogens (tertiary/aromatic N) is 1. The van der Waals surface area contributed by atoms with Crippen LogP contribution in [0.4, 0.5) is 0 Å². The minimum absolute atomic E-state index is 0.0484. The molecule has 2 aliphatic rings. The molecule has 5 nitrogen and oxygen atoms in total. The first kappa shape index (κ1) is 15.3. The number of ether oxygens (including phenoxy) is 1. The Labute approximate surface area is 134 Å². The number of carbonyl (C=O) groups excluding carboxylic acids is 1. The molecule has 0 saturated heterocycles. The molecule has 0 bridgehead atoms. The molecule has 0 fully saturated rings. The highest BCUT2D eigenvalue weighted by atomic mass is 16.5. The minimum atomic E-state index is -0.830. The third kappa shape index (κ3) is 2.61. The van der Waals surface area contributed by atoms with Gasteiger partial charge < -0.3 is 15.3 Å². The number of rotatable bonds is 1. The first-order valence-corrected chi connectivity index (χ1v) is 7.53. The van der Waals surface area contributed by atoms with Crippen molar-refractivity contribution >= 4 is 11.5 Å². The molecule has 0 spiro atoms. The van der Waals surface area contributed by atoms with Crippen molar-refractivity contribution in [3.05, 3.63) is 41.2 Å². The van der Waals surface area contributed by atoms with Gasteiger partial charge in [0.25, 0.3) is 0 Å². The van der Waals surface area contributed by atoms with Gasteiger partial charge in [0, 0.05) is 12.8 Å². The van der Waals surface area contributed by atoms with E-state index in [-0.39, 0.29) is 28.2 Å². The zero-order valence-corrected chi connectivity index (χ0v) is 13.1. The molecule has 0 amide bonds. The molecule has 1 heterocycles. The molecular formula is C18H18N2O3. The van der Waals surface area contributed by atoms with Crippen LogP contribution >= 0.6 is 0 Å². The lowest BCUT2D eigenvalue weighted by atomic mass is 9.72. The van der Waals surface area contributed by atoms with Crippen molar-refractivity contribution in [2.75, 3.05) is 0 Å². The number of phenols is 1. The van der Waals surface area contributed by atoms with Crippen LogP contribution in [0.15, 0.2) is 35.6 Å². The fraction of sp³-hybridized carbons (Fsp3) is 0.389. The van der Waals surface area contributed by atoms with E-state index in [9.17, 15) is 15.2 Å². The van der Waals surface area contributed by atoms with Crippen LogP contribution < -0.4 is 0 Å². The summed E-state index contributed by atoms with van der Waals surface area (Å²) in [7, 11) is 0. The van der Waals surface area contributed by atoms with E-state index in [1.54, 1.807) is 12.1 Å². The molecule has 1 aliphatic carbocycles. The van der Waals surface area contributed by atoms with Crippen LogP contribution in [0.1, 0.15) is 38.4 Å². The van der Waals surface area contributed by atoms with Crippen LogP contribution in [-0.4, -0.2) is 16.6 Å². The zero-order valence-electron chi connectivity index (χ0n) is 13.1. The Balaban J connectivity index is 2.05. The molecular weight excluding hydrogens is 292 g/mol. The number of aromatic hydroxyl groups is 1. The van der Waals surface area contributed by atoms with Gasteiger partial charge in [-0.05, 0) is 23.1 Å². The molecule has 23 heavy (non-hydrogen) atoms. The highest BCUT2D eigenvalue weighted by Gasteiger charge is 2.44. The van der Waals surface area contributed by atoms with Crippen LogP contribution in [0.2, 0.25) is 0 Å². The van der Waals surface area contributed by atoms with E-state index in [2.05, 4.69) is 6.07 Å². The molecule has 1 aliphatic heterocycles. The first-order chi connectivity index (χ1) is 10.8. The van der Waals surface area contributed by atoms with Gasteiger partial charge in [0.1, 0.15) is 23.5 Å². The quantitative estimate of drug-likeness (QED) is 0.832. The molecule has 5 heteroatoms. The lowest BCUT2D eigenvalue weighted by Crippen LogP contribution is -2.38. The van der Waals surface area contributed by atoms with E-state index in [0.717, 1.165) is 0 Å². The molecule has 1 aromatic carbocycles. The van der Waals surface area contributed by atoms with Crippen LogP contribution in [0.25, 0.3) is 0 Å². The van der Waals surface area contributed by atoms with Crippen molar-refractivity contribution in [3.63, 3.8) is 0 Å². The van der Waals surface area contributed by atoms with Gasteiger partial charge in [-0.1, -0.05) is 26.0 Å². The number of phenolic OH excluding ortho intramolecular Hbond substituents is 1. The van der Waals surface area contributed by atoms with Crippen molar-refractivity contribution in [1.29, 1.82) is 10.7 Å². The number of hydrogen-bond acceptors (Lipinski definition) is 5. The Morgan fingerprint density at radius 2 is 1.96 bits per heavy atom. The fourth-order valence-electron chi connectivity index (χ4n) is 3.25. The van der Waals surface area contributed by atoms with E-state index in [1.807, 2.05) is 13.8 Å². The molecule has 118 valence electrons. The van der Waals surface area contributed by atoms with E-state index in [1.165, 1.54) is 12.1 Å². The first-order valence-electron chi connectivity index (χ1n) is 7.53. The highest BCUT2D eigenvalue weighted by Crippen LogP contribution is 2.45. The van der Waals surface area contributed by atoms with Gasteiger partial charge in [0.15, 0.2) is 5.78 Å². The predicted molar refractivity (Wildman–Crippen MR) is 83.8 cm³/mol. The van der Waals surface area contributed by atoms with Crippen LogP contribution in [0.3, 0.4) is 0 Å². The second-order valence-corrected chi connectivity index (χ2v) is 6.89. The third-order valence-corrected chi connectivity index (χ3v) is 4.35. The summed E-state index contributed by atoms with van der Waals surface area (Å²) < 4.78 is 6.01. The van der Waals surface area contributed by atoms with E-state index in [4.69, 9.17) is 10.1 Å². The Bertz CT molecular complexity index is 753. The predicted octanol–water partition coefficient (Wildman–Crippen LogP) is 3.27. The lowest BCUT2D eigenvalue weighted by molar-refractivity contribution is -0.118. The van der Waals surface area contributed by atoms with E-state index in [0.29, 0.717) is 24.2 Å². The number of carbonyl (C=O) groups is 1. The summed E-state index contributed by atoms with van der Waals surface area (Å²) in [5, 5.41) is 27.2. The van der Waals surface area contributed by atoms with Gasteiger partial charge in [-0.3, -0.25) is 4.79 Å². The van der Waals surface area contributed by atoms with Crippen molar-refractivity contribution < 1.29 is 14.6 Å². The summed E-state index contributed by atoms with van der Waals surface area (Å²) in [6, 6.07) is 8.50. The number of hydrogen-bond donors (Lipinski definition) is 2. The van der Waals surface area contributed by atoms with Crippen molar-refractivity contribution in [2.45, 2.75) is 32.8 Å². The average molecular weight is 310 g/mol. The maximum Gasteiger partial charge on any atom is 0.168 e. The molecule has 1 aromatic rings. The van der Waals surface area contributed by atoms with Crippen LogP contribution in [0.5, 0.6) is 5.75 Å². The maximum atomic E-state index is 12.4. The minimum Gasteiger partial charge on any atom is -0.508 e.